The van der Waals surface area contributed by atoms with Crippen molar-refractivity contribution in [2.75, 3.05) is 27.3 Å². The number of carbonyl (C=O) groups is 1. The quantitative estimate of drug-likeness (QED) is 0.655. The maximum atomic E-state index is 12.7. The van der Waals surface area contributed by atoms with Crippen molar-refractivity contribution in [3.63, 3.8) is 0 Å². The molecule has 1 atom stereocenters. The Hall–Kier alpha value is -1.71. The molecule has 0 saturated heterocycles. The predicted octanol–water partition coefficient (Wildman–Crippen LogP) is 3.92. The van der Waals surface area contributed by atoms with E-state index in [4.69, 9.17) is 9.47 Å². The molecule has 1 unspecified atom stereocenters. The highest BCUT2D eigenvalue weighted by Gasteiger charge is 2.20. The fourth-order valence-electron chi connectivity index (χ4n) is 2.71. The zero-order valence-corrected chi connectivity index (χ0v) is 15.2. The number of hydrogen-bond acceptors (Lipinski definition) is 3. The molecule has 1 rings (SSSR count). The van der Waals surface area contributed by atoms with Gasteiger partial charge in [0.15, 0.2) is 11.5 Å². The van der Waals surface area contributed by atoms with Gasteiger partial charge in [-0.25, -0.2) is 0 Å². The minimum absolute atomic E-state index is 0.0310. The second-order valence-corrected chi connectivity index (χ2v) is 5.97. The third kappa shape index (κ3) is 5.77. The molecule has 130 valence electrons. The monoisotopic (exact) mass is 321 g/mol. The van der Waals surface area contributed by atoms with Gasteiger partial charge in [0.25, 0.3) is 0 Å². The number of benzene rings is 1. The van der Waals surface area contributed by atoms with Crippen LogP contribution >= 0.6 is 0 Å². The Morgan fingerprint density at radius 1 is 1.09 bits per heavy atom. The smallest absolute Gasteiger partial charge is 0.225 e. The highest BCUT2D eigenvalue weighted by molar-refractivity contribution is 5.78. The van der Waals surface area contributed by atoms with Gasteiger partial charge in [-0.05, 0) is 37.0 Å². The zero-order valence-electron chi connectivity index (χ0n) is 15.2. The van der Waals surface area contributed by atoms with Crippen LogP contribution in [-0.2, 0) is 11.2 Å². The van der Waals surface area contributed by atoms with Crippen LogP contribution in [0.3, 0.4) is 0 Å². The highest BCUT2D eigenvalue weighted by atomic mass is 16.5. The summed E-state index contributed by atoms with van der Waals surface area (Å²) in [7, 11) is 3.25. The predicted molar refractivity (Wildman–Crippen MR) is 94.2 cm³/mol. The maximum Gasteiger partial charge on any atom is 0.225 e. The van der Waals surface area contributed by atoms with E-state index in [1.165, 1.54) is 0 Å². The largest absolute Gasteiger partial charge is 0.493 e. The van der Waals surface area contributed by atoms with E-state index in [0.29, 0.717) is 17.9 Å². The van der Waals surface area contributed by atoms with Crippen LogP contribution in [0.5, 0.6) is 11.5 Å². The lowest BCUT2D eigenvalue weighted by molar-refractivity contribution is -0.135. The molecule has 0 saturated carbocycles. The molecule has 0 radical (unpaired) electrons. The molecule has 0 aliphatic carbocycles. The van der Waals surface area contributed by atoms with Crippen LogP contribution in [0.25, 0.3) is 0 Å². The minimum Gasteiger partial charge on any atom is -0.493 e. The number of amides is 1. The Morgan fingerprint density at radius 3 is 2.35 bits per heavy atom. The molecule has 1 amide bonds. The van der Waals surface area contributed by atoms with Crippen molar-refractivity contribution in [3.8, 4) is 11.5 Å². The molecule has 0 spiro atoms. The van der Waals surface area contributed by atoms with E-state index in [2.05, 4.69) is 13.8 Å². The maximum absolute atomic E-state index is 12.7. The van der Waals surface area contributed by atoms with Gasteiger partial charge in [0.05, 0.1) is 14.2 Å². The second kappa shape index (κ2) is 10.1. The first-order valence-corrected chi connectivity index (χ1v) is 8.57. The Morgan fingerprint density at radius 2 is 1.78 bits per heavy atom. The Bertz CT molecular complexity index is 488. The van der Waals surface area contributed by atoms with E-state index in [-0.39, 0.29) is 11.8 Å². The van der Waals surface area contributed by atoms with E-state index < -0.39 is 0 Å². The number of rotatable bonds is 10. The van der Waals surface area contributed by atoms with Crippen LogP contribution in [0.4, 0.5) is 0 Å². The molecule has 0 aromatic heterocycles. The lowest BCUT2D eigenvalue weighted by atomic mass is 9.99. The molecule has 0 aliphatic rings. The first kappa shape index (κ1) is 19.3. The molecule has 4 nitrogen and oxygen atoms in total. The molecule has 0 aliphatic heterocycles. The Balaban J connectivity index is 2.76. The molecular weight excluding hydrogens is 290 g/mol. The summed E-state index contributed by atoms with van der Waals surface area (Å²) >= 11 is 0. The van der Waals surface area contributed by atoms with Crippen molar-refractivity contribution in [2.45, 2.75) is 46.5 Å². The number of nitrogens with zero attached hydrogens (tertiary/aromatic N) is 1. The SMILES string of the molecule is CCCCN(CCC)C(=O)C(C)Cc1ccc(OC)c(OC)c1. The van der Waals surface area contributed by atoms with Crippen molar-refractivity contribution in [2.24, 2.45) is 5.92 Å². The molecule has 1 aromatic carbocycles. The fourth-order valence-corrected chi connectivity index (χ4v) is 2.71. The summed E-state index contributed by atoms with van der Waals surface area (Å²) in [5.74, 6) is 1.64. The van der Waals surface area contributed by atoms with Crippen molar-refractivity contribution < 1.29 is 14.3 Å². The van der Waals surface area contributed by atoms with Crippen molar-refractivity contribution in [1.29, 1.82) is 0 Å². The summed E-state index contributed by atoms with van der Waals surface area (Å²) in [5.41, 5.74) is 1.09. The van der Waals surface area contributed by atoms with Gasteiger partial charge < -0.3 is 14.4 Å². The van der Waals surface area contributed by atoms with Gasteiger partial charge >= 0.3 is 0 Å². The van der Waals surface area contributed by atoms with Crippen LogP contribution in [0.2, 0.25) is 0 Å². The van der Waals surface area contributed by atoms with E-state index in [1.807, 2.05) is 30.0 Å². The first-order valence-electron chi connectivity index (χ1n) is 8.57. The average Bonchev–Trinajstić information content (AvgIpc) is 2.57. The summed E-state index contributed by atoms with van der Waals surface area (Å²) in [5, 5.41) is 0. The van der Waals surface area contributed by atoms with Crippen LogP contribution in [-0.4, -0.2) is 38.1 Å². The lowest BCUT2D eigenvalue weighted by Gasteiger charge is -2.25. The number of ether oxygens (including phenoxy) is 2. The summed E-state index contributed by atoms with van der Waals surface area (Å²) in [6.45, 7) is 7.98. The molecule has 4 heteroatoms. The van der Waals surface area contributed by atoms with Crippen molar-refractivity contribution in [1.82, 2.24) is 4.90 Å². The molecule has 0 heterocycles. The number of methoxy groups -OCH3 is 2. The molecular formula is C19H31NO3. The third-order valence-corrected chi connectivity index (χ3v) is 4.00. The Kier molecular flexibility index (Phi) is 8.52. The number of unbranched alkanes of at least 4 members (excludes halogenated alkanes) is 1. The van der Waals surface area contributed by atoms with Crippen LogP contribution in [0.1, 0.15) is 45.6 Å². The van der Waals surface area contributed by atoms with Gasteiger partial charge in [0, 0.05) is 19.0 Å². The average molecular weight is 321 g/mol. The van der Waals surface area contributed by atoms with E-state index in [0.717, 1.165) is 37.9 Å². The number of hydrogen-bond donors (Lipinski definition) is 0. The number of carbonyl (C=O) groups excluding carboxylic acids is 1. The summed E-state index contributed by atoms with van der Waals surface area (Å²) in [6.07, 6.45) is 3.89. The molecule has 0 bridgehead atoms. The van der Waals surface area contributed by atoms with Crippen LogP contribution in [0.15, 0.2) is 18.2 Å². The molecule has 23 heavy (non-hydrogen) atoms. The van der Waals surface area contributed by atoms with Crippen LogP contribution in [0, 0.1) is 5.92 Å². The first-order chi connectivity index (χ1) is 11.1. The van der Waals surface area contributed by atoms with Gasteiger partial charge in [-0.15, -0.1) is 0 Å². The van der Waals surface area contributed by atoms with Crippen molar-refractivity contribution >= 4 is 5.91 Å². The molecule has 0 fully saturated rings. The standard InChI is InChI=1S/C19H31NO3/c1-6-8-12-20(11-7-2)19(21)15(3)13-16-9-10-17(22-4)18(14-16)23-5/h9-10,14-15H,6-8,11-13H2,1-5H3. The zero-order chi connectivity index (χ0) is 17.2. The van der Waals surface area contributed by atoms with E-state index >= 15 is 0 Å². The van der Waals surface area contributed by atoms with Crippen LogP contribution < -0.4 is 9.47 Å². The van der Waals surface area contributed by atoms with Gasteiger partial charge in [0.1, 0.15) is 0 Å². The highest BCUT2D eigenvalue weighted by Crippen LogP contribution is 2.28. The van der Waals surface area contributed by atoms with Gasteiger partial charge in [-0.1, -0.05) is 33.3 Å². The summed E-state index contributed by atoms with van der Waals surface area (Å²) in [4.78, 5) is 14.7. The van der Waals surface area contributed by atoms with E-state index in [1.54, 1.807) is 14.2 Å². The summed E-state index contributed by atoms with van der Waals surface area (Å²) in [6, 6.07) is 5.85. The summed E-state index contributed by atoms with van der Waals surface area (Å²) < 4.78 is 10.6. The molecule has 0 N–H and O–H groups in total. The van der Waals surface area contributed by atoms with E-state index in [9.17, 15) is 4.79 Å². The minimum atomic E-state index is -0.0310. The van der Waals surface area contributed by atoms with Gasteiger partial charge in [-0.3, -0.25) is 4.79 Å². The Labute approximate surface area is 140 Å². The van der Waals surface area contributed by atoms with Gasteiger partial charge in [-0.2, -0.15) is 0 Å². The van der Waals surface area contributed by atoms with Gasteiger partial charge in [0.2, 0.25) is 5.91 Å². The van der Waals surface area contributed by atoms with Crippen molar-refractivity contribution in [3.05, 3.63) is 23.8 Å². The lowest BCUT2D eigenvalue weighted by Crippen LogP contribution is -2.37. The third-order valence-electron chi connectivity index (χ3n) is 4.00. The second-order valence-electron chi connectivity index (χ2n) is 5.97. The topological polar surface area (TPSA) is 38.8 Å². The fraction of sp³-hybridized carbons (Fsp3) is 0.632. The molecule has 1 aromatic rings. The normalized spacial score (nSPS) is 11.9.